The number of ether oxygens (including phenoxy) is 1. The van der Waals surface area contributed by atoms with Crippen LogP contribution in [0.5, 0.6) is 5.75 Å². The molecule has 0 saturated heterocycles. The molecule has 1 atom stereocenters. The molecule has 0 spiro atoms. The predicted octanol–water partition coefficient (Wildman–Crippen LogP) is 3.61. The number of nitrogens with zero attached hydrogens (tertiary/aromatic N) is 1. The van der Waals surface area contributed by atoms with Gasteiger partial charge >= 0.3 is 0 Å². The molecule has 0 aromatic heterocycles. The van der Waals surface area contributed by atoms with E-state index in [4.69, 9.17) is 10.5 Å². The molecule has 0 aliphatic heterocycles. The number of para-hydroxylation sites is 1. The smallest absolute Gasteiger partial charge is 0.143 e. The van der Waals surface area contributed by atoms with Crippen molar-refractivity contribution in [3.8, 4) is 5.75 Å². The van der Waals surface area contributed by atoms with Crippen molar-refractivity contribution in [1.29, 1.82) is 0 Å². The van der Waals surface area contributed by atoms with E-state index in [0.717, 1.165) is 5.69 Å². The van der Waals surface area contributed by atoms with Gasteiger partial charge in [-0.05, 0) is 25.1 Å². The zero-order valence-electron chi connectivity index (χ0n) is 11.9. The van der Waals surface area contributed by atoms with E-state index in [0.29, 0.717) is 17.0 Å². The molecule has 0 amide bonds. The van der Waals surface area contributed by atoms with Gasteiger partial charge < -0.3 is 15.4 Å². The second-order valence-corrected chi connectivity index (χ2v) is 4.70. The number of anilines is 2. The Kier molecular flexibility index (Phi) is 4.13. The molecular formula is C16H19FN2O. The van der Waals surface area contributed by atoms with Gasteiger partial charge in [-0.15, -0.1) is 0 Å². The normalized spacial score (nSPS) is 12.0. The Hall–Kier alpha value is -2.23. The standard InChI is InChI=1S/C16H19FN2O/c1-11(12-7-4-5-8-13(12)17)19(2)14-9-6-10-15(20-3)16(14)18/h4-11H,18H2,1-3H3. The second-order valence-electron chi connectivity index (χ2n) is 4.70. The Balaban J connectivity index is 2.36. The molecule has 20 heavy (non-hydrogen) atoms. The first-order valence-electron chi connectivity index (χ1n) is 6.46. The third-order valence-electron chi connectivity index (χ3n) is 3.58. The van der Waals surface area contributed by atoms with E-state index in [-0.39, 0.29) is 11.9 Å². The molecule has 0 heterocycles. The van der Waals surface area contributed by atoms with Crippen molar-refractivity contribution in [3.63, 3.8) is 0 Å². The molecule has 0 fully saturated rings. The van der Waals surface area contributed by atoms with Gasteiger partial charge in [-0.1, -0.05) is 24.3 Å². The Labute approximate surface area is 118 Å². The highest BCUT2D eigenvalue weighted by atomic mass is 19.1. The highest BCUT2D eigenvalue weighted by Crippen LogP contribution is 2.35. The van der Waals surface area contributed by atoms with Gasteiger partial charge in [0, 0.05) is 12.6 Å². The molecule has 0 aliphatic rings. The zero-order chi connectivity index (χ0) is 14.7. The largest absolute Gasteiger partial charge is 0.495 e. The van der Waals surface area contributed by atoms with Crippen LogP contribution in [0.1, 0.15) is 18.5 Å². The van der Waals surface area contributed by atoms with Crippen LogP contribution in [-0.4, -0.2) is 14.2 Å². The lowest BCUT2D eigenvalue weighted by Crippen LogP contribution is -2.23. The Morgan fingerprint density at radius 1 is 1.15 bits per heavy atom. The summed E-state index contributed by atoms with van der Waals surface area (Å²) in [6.45, 7) is 1.94. The van der Waals surface area contributed by atoms with Crippen LogP contribution in [0.2, 0.25) is 0 Å². The van der Waals surface area contributed by atoms with Crippen molar-refractivity contribution in [2.24, 2.45) is 0 Å². The molecule has 2 aromatic carbocycles. The Bertz CT molecular complexity index is 601. The highest BCUT2D eigenvalue weighted by Gasteiger charge is 2.18. The van der Waals surface area contributed by atoms with Crippen LogP contribution in [0, 0.1) is 5.82 Å². The molecule has 2 N–H and O–H groups in total. The number of nitrogens with two attached hydrogens (primary N) is 1. The van der Waals surface area contributed by atoms with Gasteiger partial charge in [0.05, 0.1) is 24.5 Å². The fourth-order valence-electron chi connectivity index (χ4n) is 2.25. The minimum absolute atomic E-state index is 0.134. The van der Waals surface area contributed by atoms with Crippen LogP contribution in [0.15, 0.2) is 42.5 Å². The van der Waals surface area contributed by atoms with Crippen LogP contribution in [0.3, 0.4) is 0 Å². The van der Waals surface area contributed by atoms with Crippen molar-refractivity contribution >= 4 is 11.4 Å². The third-order valence-corrected chi connectivity index (χ3v) is 3.58. The molecule has 106 valence electrons. The molecular weight excluding hydrogens is 255 g/mol. The van der Waals surface area contributed by atoms with Crippen LogP contribution in [0.4, 0.5) is 15.8 Å². The summed E-state index contributed by atoms with van der Waals surface area (Å²) >= 11 is 0. The fourth-order valence-corrected chi connectivity index (χ4v) is 2.25. The lowest BCUT2D eigenvalue weighted by atomic mass is 10.1. The van der Waals surface area contributed by atoms with Gasteiger partial charge in [0.25, 0.3) is 0 Å². The van der Waals surface area contributed by atoms with Crippen LogP contribution >= 0.6 is 0 Å². The fraction of sp³-hybridized carbons (Fsp3) is 0.250. The number of halogens is 1. The number of methoxy groups -OCH3 is 1. The Morgan fingerprint density at radius 3 is 2.50 bits per heavy atom. The topological polar surface area (TPSA) is 38.5 Å². The monoisotopic (exact) mass is 274 g/mol. The first kappa shape index (κ1) is 14.2. The van der Waals surface area contributed by atoms with Crippen molar-refractivity contribution in [2.45, 2.75) is 13.0 Å². The number of hydrogen-bond acceptors (Lipinski definition) is 3. The first-order chi connectivity index (χ1) is 9.56. The van der Waals surface area contributed by atoms with E-state index < -0.39 is 0 Å². The van der Waals surface area contributed by atoms with E-state index in [1.165, 1.54) is 6.07 Å². The summed E-state index contributed by atoms with van der Waals surface area (Å²) in [4.78, 5) is 1.94. The highest BCUT2D eigenvalue weighted by molar-refractivity contribution is 5.74. The van der Waals surface area contributed by atoms with E-state index in [9.17, 15) is 4.39 Å². The maximum absolute atomic E-state index is 13.9. The number of hydrogen-bond donors (Lipinski definition) is 1. The second kappa shape index (κ2) is 5.82. The molecule has 0 saturated carbocycles. The van der Waals surface area contributed by atoms with Gasteiger partial charge in [0.1, 0.15) is 11.6 Å². The van der Waals surface area contributed by atoms with E-state index >= 15 is 0 Å². The Morgan fingerprint density at radius 2 is 1.85 bits per heavy atom. The molecule has 2 aromatic rings. The molecule has 3 nitrogen and oxygen atoms in total. The summed E-state index contributed by atoms with van der Waals surface area (Å²) in [6.07, 6.45) is 0. The summed E-state index contributed by atoms with van der Waals surface area (Å²) in [5.74, 6) is 0.406. The zero-order valence-corrected chi connectivity index (χ0v) is 11.9. The average molecular weight is 274 g/mol. The first-order valence-corrected chi connectivity index (χ1v) is 6.46. The molecule has 0 aliphatic carbocycles. The molecule has 2 rings (SSSR count). The van der Waals surface area contributed by atoms with Gasteiger partial charge in [0.15, 0.2) is 0 Å². The third kappa shape index (κ3) is 2.54. The van der Waals surface area contributed by atoms with Crippen LogP contribution < -0.4 is 15.4 Å². The number of rotatable bonds is 4. The van der Waals surface area contributed by atoms with E-state index in [1.807, 2.05) is 37.1 Å². The summed E-state index contributed by atoms with van der Waals surface area (Å²) in [6, 6.07) is 12.2. The SMILES string of the molecule is COc1cccc(N(C)C(C)c2ccccc2F)c1N. The van der Waals surface area contributed by atoms with Crippen molar-refractivity contribution < 1.29 is 9.13 Å². The molecule has 4 heteroatoms. The molecule has 0 bridgehead atoms. The van der Waals surface area contributed by atoms with Gasteiger partial charge in [-0.25, -0.2) is 4.39 Å². The molecule has 0 radical (unpaired) electrons. The molecule has 1 unspecified atom stereocenters. The minimum atomic E-state index is -0.215. The van der Waals surface area contributed by atoms with Gasteiger partial charge in [-0.3, -0.25) is 0 Å². The lowest BCUT2D eigenvalue weighted by molar-refractivity contribution is 0.417. The quantitative estimate of drug-likeness (QED) is 0.865. The number of benzene rings is 2. The van der Waals surface area contributed by atoms with Crippen LogP contribution in [-0.2, 0) is 0 Å². The summed E-state index contributed by atoms with van der Waals surface area (Å²) in [7, 11) is 3.47. The predicted molar refractivity (Wildman–Crippen MR) is 80.6 cm³/mol. The van der Waals surface area contributed by atoms with Crippen molar-refractivity contribution in [3.05, 3.63) is 53.8 Å². The summed E-state index contributed by atoms with van der Waals surface area (Å²) < 4.78 is 19.1. The van der Waals surface area contributed by atoms with Gasteiger partial charge in [-0.2, -0.15) is 0 Å². The lowest BCUT2D eigenvalue weighted by Gasteiger charge is -2.29. The minimum Gasteiger partial charge on any atom is -0.495 e. The average Bonchev–Trinajstić information content (AvgIpc) is 2.46. The van der Waals surface area contributed by atoms with Crippen molar-refractivity contribution in [1.82, 2.24) is 0 Å². The van der Waals surface area contributed by atoms with E-state index in [2.05, 4.69) is 0 Å². The number of nitrogen functional groups attached to an aromatic ring is 1. The van der Waals surface area contributed by atoms with Crippen LogP contribution in [0.25, 0.3) is 0 Å². The summed E-state index contributed by atoms with van der Waals surface area (Å²) in [5, 5.41) is 0. The maximum atomic E-state index is 13.9. The summed E-state index contributed by atoms with van der Waals surface area (Å²) in [5.41, 5.74) is 8.10. The van der Waals surface area contributed by atoms with Crippen molar-refractivity contribution in [2.75, 3.05) is 24.8 Å². The van der Waals surface area contributed by atoms with Gasteiger partial charge in [0.2, 0.25) is 0 Å². The maximum Gasteiger partial charge on any atom is 0.143 e. The van der Waals surface area contributed by atoms with E-state index in [1.54, 1.807) is 25.3 Å².